The number of nitrogens with two attached hydrogens (primary N) is 1. The minimum absolute atomic E-state index is 0.720. The molecule has 3 nitrogen and oxygen atoms in total. The Morgan fingerprint density at radius 2 is 2.55 bits per heavy atom. The van der Waals surface area contributed by atoms with Crippen LogP contribution in [0.2, 0.25) is 0 Å². The van der Waals surface area contributed by atoms with Crippen LogP contribution in [0.25, 0.3) is 0 Å². The van der Waals surface area contributed by atoms with Gasteiger partial charge < -0.3 is 10.2 Å². The van der Waals surface area contributed by atoms with Gasteiger partial charge in [0.1, 0.15) is 5.76 Å². The van der Waals surface area contributed by atoms with Crippen molar-refractivity contribution in [3.05, 3.63) is 17.8 Å². The second-order valence-corrected chi connectivity index (χ2v) is 3.31. The maximum absolute atomic E-state index is 5.34. The van der Waals surface area contributed by atoms with Crippen molar-refractivity contribution in [2.45, 2.75) is 12.7 Å². The summed E-state index contributed by atoms with van der Waals surface area (Å²) in [4.78, 5) is 3.98. The van der Waals surface area contributed by atoms with E-state index in [9.17, 15) is 0 Å². The molecular formula is C7H12N2OS. The molecule has 62 valence electrons. The molecule has 0 fully saturated rings. The van der Waals surface area contributed by atoms with Crippen LogP contribution in [0.3, 0.4) is 0 Å². The van der Waals surface area contributed by atoms with E-state index in [0.717, 1.165) is 29.5 Å². The van der Waals surface area contributed by atoms with Gasteiger partial charge in [-0.15, -0.1) is 0 Å². The Labute approximate surface area is 70.4 Å². The first-order valence-corrected chi connectivity index (χ1v) is 4.67. The Bertz CT molecular complexity index is 212. The van der Waals surface area contributed by atoms with Crippen LogP contribution in [-0.2, 0) is 5.75 Å². The number of aryl methyl sites for hydroxylation is 1. The molecule has 0 unspecified atom stereocenters. The van der Waals surface area contributed by atoms with Gasteiger partial charge in [0, 0.05) is 12.3 Å². The fourth-order valence-electron chi connectivity index (χ4n) is 0.713. The number of nitrogens with zero attached hydrogens (tertiary/aromatic N) is 1. The molecule has 4 heteroatoms. The molecule has 0 bridgehead atoms. The highest BCUT2D eigenvalue weighted by molar-refractivity contribution is 7.98. The molecule has 2 N–H and O–H groups in total. The summed E-state index contributed by atoms with van der Waals surface area (Å²) >= 11 is 1.77. The van der Waals surface area contributed by atoms with Gasteiger partial charge in [0.15, 0.2) is 6.39 Å². The summed E-state index contributed by atoms with van der Waals surface area (Å²) in [5, 5.41) is 0. The smallest absolute Gasteiger partial charge is 0.181 e. The SMILES string of the molecule is Cc1ncoc1CSCCN. The van der Waals surface area contributed by atoms with Crippen LogP contribution in [0.1, 0.15) is 11.5 Å². The molecule has 0 saturated heterocycles. The van der Waals surface area contributed by atoms with Gasteiger partial charge in [0.2, 0.25) is 0 Å². The van der Waals surface area contributed by atoms with E-state index in [-0.39, 0.29) is 0 Å². The van der Waals surface area contributed by atoms with E-state index in [2.05, 4.69) is 4.98 Å². The van der Waals surface area contributed by atoms with Crippen molar-refractivity contribution >= 4 is 11.8 Å². The lowest BCUT2D eigenvalue weighted by Gasteiger charge is -1.95. The highest BCUT2D eigenvalue weighted by Gasteiger charge is 2.01. The van der Waals surface area contributed by atoms with E-state index < -0.39 is 0 Å². The average Bonchev–Trinajstić information content (AvgIpc) is 2.37. The zero-order chi connectivity index (χ0) is 8.10. The molecule has 11 heavy (non-hydrogen) atoms. The van der Waals surface area contributed by atoms with Crippen molar-refractivity contribution in [1.82, 2.24) is 4.98 Å². The summed E-state index contributed by atoms with van der Waals surface area (Å²) in [7, 11) is 0. The number of hydrogen-bond donors (Lipinski definition) is 1. The molecule has 1 aromatic heterocycles. The second kappa shape index (κ2) is 4.41. The van der Waals surface area contributed by atoms with Crippen molar-refractivity contribution in [3.8, 4) is 0 Å². The van der Waals surface area contributed by atoms with Gasteiger partial charge >= 0.3 is 0 Å². The number of aromatic nitrogens is 1. The highest BCUT2D eigenvalue weighted by atomic mass is 32.2. The molecule has 0 radical (unpaired) electrons. The Balaban J connectivity index is 2.32. The van der Waals surface area contributed by atoms with Crippen LogP contribution < -0.4 is 5.73 Å². The first-order chi connectivity index (χ1) is 5.34. The lowest BCUT2D eigenvalue weighted by atomic mass is 10.4. The standard InChI is InChI=1S/C7H12N2OS/c1-6-7(10-5-9-6)4-11-3-2-8/h5H,2-4,8H2,1H3. The molecule has 0 aliphatic heterocycles. The van der Waals surface area contributed by atoms with E-state index in [4.69, 9.17) is 10.2 Å². The van der Waals surface area contributed by atoms with E-state index in [0.29, 0.717) is 0 Å². The second-order valence-electron chi connectivity index (χ2n) is 2.20. The molecule has 0 aliphatic carbocycles. The van der Waals surface area contributed by atoms with Crippen LogP contribution in [-0.4, -0.2) is 17.3 Å². The van der Waals surface area contributed by atoms with Gasteiger partial charge in [0.25, 0.3) is 0 Å². The molecule has 0 aromatic carbocycles. The summed E-state index contributed by atoms with van der Waals surface area (Å²) in [5.74, 6) is 2.81. The number of oxazole rings is 1. The summed E-state index contributed by atoms with van der Waals surface area (Å²) in [6.45, 7) is 2.67. The third-order valence-electron chi connectivity index (χ3n) is 1.34. The normalized spacial score (nSPS) is 10.4. The largest absolute Gasteiger partial charge is 0.447 e. The van der Waals surface area contributed by atoms with E-state index >= 15 is 0 Å². The Morgan fingerprint density at radius 3 is 3.09 bits per heavy atom. The van der Waals surface area contributed by atoms with E-state index in [1.807, 2.05) is 6.92 Å². The number of rotatable bonds is 4. The fourth-order valence-corrected chi connectivity index (χ4v) is 1.49. The van der Waals surface area contributed by atoms with Crippen LogP contribution >= 0.6 is 11.8 Å². The van der Waals surface area contributed by atoms with Crippen molar-refractivity contribution in [2.75, 3.05) is 12.3 Å². The predicted octanol–water partition coefficient (Wildman–Crippen LogP) is 1.17. The summed E-state index contributed by atoms with van der Waals surface area (Å²) in [6, 6.07) is 0. The molecule has 0 saturated carbocycles. The van der Waals surface area contributed by atoms with Crippen LogP contribution in [0.15, 0.2) is 10.8 Å². The lowest BCUT2D eigenvalue weighted by molar-refractivity contribution is 0.522. The maximum Gasteiger partial charge on any atom is 0.181 e. The van der Waals surface area contributed by atoms with Crippen LogP contribution in [0.4, 0.5) is 0 Å². The van der Waals surface area contributed by atoms with Gasteiger partial charge in [-0.3, -0.25) is 0 Å². The van der Waals surface area contributed by atoms with Gasteiger partial charge in [-0.25, -0.2) is 4.98 Å². The first kappa shape index (κ1) is 8.62. The van der Waals surface area contributed by atoms with Gasteiger partial charge in [0.05, 0.1) is 11.4 Å². The lowest BCUT2D eigenvalue weighted by Crippen LogP contribution is -2.01. The molecule has 1 aromatic rings. The quantitative estimate of drug-likeness (QED) is 0.693. The number of hydrogen-bond acceptors (Lipinski definition) is 4. The Kier molecular flexibility index (Phi) is 3.45. The highest BCUT2D eigenvalue weighted by Crippen LogP contribution is 2.13. The van der Waals surface area contributed by atoms with Crippen molar-refractivity contribution in [3.63, 3.8) is 0 Å². The van der Waals surface area contributed by atoms with Gasteiger partial charge in [-0.2, -0.15) is 11.8 Å². The van der Waals surface area contributed by atoms with E-state index in [1.54, 1.807) is 11.8 Å². The molecule has 1 heterocycles. The van der Waals surface area contributed by atoms with Gasteiger partial charge in [-0.05, 0) is 6.92 Å². The Morgan fingerprint density at radius 1 is 1.73 bits per heavy atom. The molecule has 0 spiro atoms. The maximum atomic E-state index is 5.34. The average molecular weight is 172 g/mol. The summed E-state index contributed by atoms with van der Waals surface area (Å²) in [5.41, 5.74) is 6.32. The van der Waals surface area contributed by atoms with Crippen molar-refractivity contribution in [2.24, 2.45) is 5.73 Å². The Hall–Kier alpha value is -0.480. The molecule has 0 atom stereocenters. The van der Waals surface area contributed by atoms with Crippen LogP contribution in [0.5, 0.6) is 0 Å². The molecular weight excluding hydrogens is 160 g/mol. The predicted molar refractivity (Wildman–Crippen MR) is 46.5 cm³/mol. The number of thioether (sulfide) groups is 1. The molecule has 0 amide bonds. The van der Waals surface area contributed by atoms with Gasteiger partial charge in [-0.1, -0.05) is 0 Å². The zero-order valence-corrected chi connectivity index (χ0v) is 7.36. The molecule has 1 rings (SSSR count). The minimum Gasteiger partial charge on any atom is -0.447 e. The topological polar surface area (TPSA) is 52.0 Å². The molecule has 0 aliphatic rings. The van der Waals surface area contributed by atoms with Crippen molar-refractivity contribution < 1.29 is 4.42 Å². The fraction of sp³-hybridized carbons (Fsp3) is 0.571. The summed E-state index contributed by atoms with van der Waals surface area (Å²) in [6.07, 6.45) is 1.48. The monoisotopic (exact) mass is 172 g/mol. The minimum atomic E-state index is 0.720. The third kappa shape index (κ3) is 2.55. The zero-order valence-electron chi connectivity index (χ0n) is 6.54. The summed E-state index contributed by atoms with van der Waals surface area (Å²) < 4.78 is 5.14. The first-order valence-electron chi connectivity index (χ1n) is 3.51. The van der Waals surface area contributed by atoms with E-state index in [1.165, 1.54) is 6.39 Å². The van der Waals surface area contributed by atoms with Crippen LogP contribution in [0, 0.1) is 6.92 Å². The third-order valence-corrected chi connectivity index (χ3v) is 2.33. The van der Waals surface area contributed by atoms with Crippen molar-refractivity contribution in [1.29, 1.82) is 0 Å².